The predicted octanol–water partition coefficient (Wildman–Crippen LogP) is 3.84. The zero-order valence-electron chi connectivity index (χ0n) is 16.0. The number of fused-ring (bicyclic) bond motifs is 1. The number of aromatic nitrogens is 2. The third-order valence-electron chi connectivity index (χ3n) is 5.85. The second kappa shape index (κ2) is 6.83. The lowest BCUT2D eigenvalue weighted by atomic mass is 10.0. The SMILES string of the molecule is C[C@@H]1CCc2ncnc(N3CCN(c4ccc(C(F)(F)F)cc4N)C[C@@H]3C)c21. The maximum atomic E-state index is 12.9. The number of benzene rings is 1. The van der Waals surface area contributed by atoms with Crippen molar-refractivity contribution in [3.8, 4) is 0 Å². The minimum atomic E-state index is -4.39. The van der Waals surface area contributed by atoms with E-state index in [0.29, 0.717) is 24.7 Å². The molecule has 1 saturated heterocycles. The highest BCUT2D eigenvalue weighted by atomic mass is 19.4. The van der Waals surface area contributed by atoms with Gasteiger partial charge in [-0.05, 0) is 43.9 Å². The van der Waals surface area contributed by atoms with Gasteiger partial charge >= 0.3 is 6.18 Å². The molecule has 1 fully saturated rings. The maximum Gasteiger partial charge on any atom is 0.416 e. The van der Waals surface area contributed by atoms with Gasteiger partial charge in [0.2, 0.25) is 0 Å². The summed E-state index contributed by atoms with van der Waals surface area (Å²) >= 11 is 0. The molecule has 8 heteroatoms. The first kappa shape index (κ1) is 18.8. The topological polar surface area (TPSA) is 58.3 Å². The van der Waals surface area contributed by atoms with Gasteiger partial charge < -0.3 is 15.5 Å². The van der Waals surface area contributed by atoms with Gasteiger partial charge in [-0.1, -0.05) is 6.92 Å². The number of rotatable bonds is 2. The fraction of sp³-hybridized carbons (Fsp3) is 0.500. The molecule has 0 unspecified atom stereocenters. The number of hydrogen-bond acceptors (Lipinski definition) is 5. The number of aryl methyl sites for hydroxylation is 1. The summed E-state index contributed by atoms with van der Waals surface area (Å²) < 4.78 is 38.7. The van der Waals surface area contributed by atoms with Crippen molar-refractivity contribution in [2.45, 2.75) is 44.8 Å². The first-order chi connectivity index (χ1) is 13.3. The zero-order chi connectivity index (χ0) is 20.1. The van der Waals surface area contributed by atoms with Crippen LogP contribution in [0.5, 0.6) is 0 Å². The van der Waals surface area contributed by atoms with Gasteiger partial charge in [0.25, 0.3) is 0 Å². The van der Waals surface area contributed by atoms with Crippen LogP contribution in [0.1, 0.15) is 43.0 Å². The number of nitrogens with two attached hydrogens (primary N) is 1. The molecule has 0 saturated carbocycles. The lowest BCUT2D eigenvalue weighted by Gasteiger charge is -2.42. The summed E-state index contributed by atoms with van der Waals surface area (Å²) in [5.74, 6) is 1.45. The number of nitrogen functional groups attached to an aromatic ring is 1. The molecular formula is C20H24F3N5. The fourth-order valence-corrected chi connectivity index (χ4v) is 4.36. The number of hydrogen-bond donors (Lipinski definition) is 1. The standard InChI is InChI=1S/C20H24F3N5/c1-12-3-5-16-18(12)19(26-11-25-16)28-8-7-27(10-13(28)2)17-6-4-14(9-15(17)24)20(21,22)23/h4,6,9,11-13H,3,5,7-8,10,24H2,1-2H3/t12-,13+/m1/s1. The summed E-state index contributed by atoms with van der Waals surface area (Å²) in [6.07, 6.45) is -0.665. The normalized spacial score (nSPS) is 22.5. The van der Waals surface area contributed by atoms with Crippen molar-refractivity contribution in [1.82, 2.24) is 9.97 Å². The summed E-state index contributed by atoms with van der Waals surface area (Å²) in [4.78, 5) is 13.4. The maximum absolute atomic E-state index is 12.9. The minimum Gasteiger partial charge on any atom is -0.397 e. The van der Waals surface area contributed by atoms with Gasteiger partial charge in [0.15, 0.2) is 0 Å². The monoisotopic (exact) mass is 391 g/mol. The summed E-state index contributed by atoms with van der Waals surface area (Å²) in [5, 5.41) is 0. The largest absolute Gasteiger partial charge is 0.416 e. The Morgan fingerprint density at radius 1 is 1.14 bits per heavy atom. The molecule has 1 aliphatic heterocycles. The Labute approximate surface area is 162 Å². The Hall–Kier alpha value is -2.51. The molecule has 2 aromatic rings. The second-order valence-corrected chi connectivity index (χ2v) is 7.76. The summed E-state index contributed by atoms with van der Waals surface area (Å²) in [6, 6.07) is 3.75. The quantitative estimate of drug-likeness (QED) is 0.789. The molecule has 1 aromatic carbocycles. The number of nitrogens with zero attached hydrogens (tertiary/aromatic N) is 4. The Balaban J connectivity index is 1.55. The first-order valence-corrected chi connectivity index (χ1v) is 9.57. The summed E-state index contributed by atoms with van der Waals surface area (Å²) in [7, 11) is 0. The molecule has 0 radical (unpaired) electrons. The Kier molecular flexibility index (Phi) is 4.59. The van der Waals surface area contributed by atoms with E-state index in [0.717, 1.165) is 43.0 Å². The van der Waals surface area contributed by atoms with Gasteiger partial charge in [0, 0.05) is 36.9 Å². The highest BCUT2D eigenvalue weighted by Gasteiger charge is 2.33. The van der Waals surface area contributed by atoms with Crippen molar-refractivity contribution in [1.29, 1.82) is 0 Å². The van der Waals surface area contributed by atoms with Gasteiger partial charge in [0.05, 0.1) is 16.9 Å². The van der Waals surface area contributed by atoms with Crippen molar-refractivity contribution in [3.63, 3.8) is 0 Å². The smallest absolute Gasteiger partial charge is 0.397 e. The van der Waals surface area contributed by atoms with E-state index in [1.54, 1.807) is 6.33 Å². The third-order valence-corrected chi connectivity index (χ3v) is 5.85. The highest BCUT2D eigenvalue weighted by molar-refractivity contribution is 5.69. The Morgan fingerprint density at radius 2 is 1.93 bits per heavy atom. The van der Waals surface area contributed by atoms with E-state index in [4.69, 9.17) is 5.73 Å². The lowest BCUT2D eigenvalue weighted by molar-refractivity contribution is -0.137. The number of halogens is 3. The van der Waals surface area contributed by atoms with Crippen molar-refractivity contribution < 1.29 is 13.2 Å². The molecule has 150 valence electrons. The van der Waals surface area contributed by atoms with Gasteiger partial charge in [0.1, 0.15) is 12.1 Å². The Morgan fingerprint density at radius 3 is 2.61 bits per heavy atom. The number of anilines is 3. The van der Waals surface area contributed by atoms with Gasteiger partial charge in [-0.25, -0.2) is 9.97 Å². The van der Waals surface area contributed by atoms with E-state index in [1.165, 1.54) is 11.6 Å². The molecule has 2 atom stereocenters. The van der Waals surface area contributed by atoms with Crippen LogP contribution in [0.4, 0.5) is 30.4 Å². The van der Waals surface area contributed by atoms with Crippen LogP contribution in [0.3, 0.4) is 0 Å². The van der Waals surface area contributed by atoms with Crippen molar-refractivity contribution in [3.05, 3.63) is 41.3 Å². The molecule has 0 bridgehead atoms. The van der Waals surface area contributed by atoms with Crippen molar-refractivity contribution in [2.24, 2.45) is 0 Å². The van der Waals surface area contributed by atoms with Crippen LogP contribution in [0.15, 0.2) is 24.5 Å². The predicted molar refractivity (Wildman–Crippen MR) is 104 cm³/mol. The van der Waals surface area contributed by atoms with Crippen LogP contribution in [-0.2, 0) is 12.6 Å². The van der Waals surface area contributed by atoms with E-state index in [2.05, 4.69) is 33.6 Å². The Bertz CT molecular complexity index is 883. The third kappa shape index (κ3) is 3.25. The van der Waals surface area contributed by atoms with Crippen LogP contribution in [-0.4, -0.2) is 35.6 Å². The summed E-state index contributed by atoms with van der Waals surface area (Å²) in [6.45, 7) is 6.40. The van der Waals surface area contributed by atoms with Crippen molar-refractivity contribution in [2.75, 3.05) is 35.2 Å². The fourth-order valence-electron chi connectivity index (χ4n) is 4.36. The van der Waals surface area contributed by atoms with Gasteiger partial charge in [-0.2, -0.15) is 13.2 Å². The zero-order valence-corrected chi connectivity index (χ0v) is 16.0. The highest BCUT2D eigenvalue weighted by Crippen LogP contribution is 2.39. The van der Waals surface area contributed by atoms with Gasteiger partial charge in [-0.3, -0.25) is 0 Å². The van der Waals surface area contributed by atoms with Crippen molar-refractivity contribution >= 4 is 17.2 Å². The van der Waals surface area contributed by atoms with E-state index in [9.17, 15) is 13.2 Å². The van der Waals surface area contributed by atoms with E-state index in [-0.39, 0.29) is 11.7 Å². The molecule has 1 aliphatic carbocycles. The lowest BCUT2D eigenvalue weighted by Crippen LogP contribution is -2.53. The van der Waals surface area contributed by atoms with Crippen LogP contribution in [0.2, 0.25) is 0 Å². The molecule has 1 aromatic heterocycles. The van der Waals surface area contributed by atoms with E-state index in [1.807, 2.05) is 0 Å². The number of alkyl halides is 3. The molecule has 2 N–H and O–H groups in total. The molecule has 2 aliphatic rings. The van der Waals surface area contributed by atoms with Crippen LogP contribution >= 0.6 is 0 Å². The van der Waals surface area contributed by atoms with Crippen LogP contribution < -0.4 is 15.5 Å². The van der Waals surface area contributed by atoms with E-state index < -0.39 is 11.7 Å². The van der Waals surface area contributed by atoms with E-state index >= 15 is 0 Å². The molecule has 0 spiro atoms. The molecule has 2 heterocycles. The second-order valence-electron chi connectivity index (χ2n) is 7.76. The molecule has 28 heavy (non-hydrogen) atoms. The van der Waals surface area contributed by atoms with Gasteiger partial charge in [-0.15, -0.1) is 0 Å². The minimum absolute atomic E-state index is 0.155. The molecule has 5 nitrogen and oxygen atoms in total. The summed E-state index contributed by atoms with van der Waals surface area (Å²) in [5.41, 5.74) is 8.44. The molecule has 0 amide bonds. The van der Waals surface area contributed by atoms with Crippen LogP contribution in [0, 0.1) is 0 Å². The van der Waals surface area contributed by atoms with Crippen LogP contribution in [0.25, 0.3) is 0 Å². The average Bonchev–Trinajstić information content (AvgIpc) is 3.02. The molecule has 4 rings (SSSR count). The number of piperazine rings is 1. The average molecular weight is 391 g/mol. The first-order valence-electron chi connectivity index (χ1n) is 9.57. The molecular weight excluding hydrogens is 367 g/mol.